The van der Waals surface area contributed by atoms with Crippen LogP contribution in [0.15, 0.2) is 24.3 Å². The molecule has 0 aliphatic rings. The lowest BCUT2D eigenvalue weighted by molar-refractivity contribution is 0.282. The van der Waals surface area contributed by atoms with E-state index in [9.17, 15) is 0 Å². The molecule has 1 rings (SSSR count). The van der Waals surface area contributed by atoms with Crippen molar-refractivity contribution < 1.29 is 5.11 Å². The quantitative estimate of drug-likeness (QED) is 0.619. The second kappa shape index (κ2) is 4.18. The van der Waals surface area contributed by atoms with Crippen LogP contribution in [0, 0.1) is 23.2 Å². The molecule has 1 aromatic rings. The lowest BCUT2D eigenvalue weighted by atomic mass is 10.1. The molecule has 12 heavy (non-hydrogen) atoms. The topological polar surface area (TPSA) is 44.0 Å². The summed E-state index contributed by atoms with van der Waals surface area (Å²) in [5.41, 5.74) is 1.63. The van der Waals surface area contributed by atoms with Crippen molar-refractivity contribution in [1.29, 1.82) is 5.26 Å². The average Bonchev–Trinajstić information content (AvgIpc) is 2.15. The minimum Gasteiger partial charge on any atom is -0.392 e. The minimum absolute atomic E-state index is 0.0337. The third-order valence-corrected chi connectivity index (χ3v) is 1.40. The maximum atomic E-state index is 8.72. The van der Waals surface area contributed by atoms with E-state index in [2.05, 4.69) is 11.8 Å². The number of benzene rings is 1. The highest BCUT2D eigenvalue weighted by atomic mass is 16.3. The first-order valence-corrected chi connectivity index (χ1v) is 3.46. The van der Waals surface area contributed by atoms with Gasteiger partial charge < -0.3 is 5.11 Å². The van der Waals surface area contributed by atoms with Gasteiger partial charge in [0.2, 0.25) is 0 Å². The first-order valence-electron chi connectivity index (χ1n) is 3.46. The molecule has 0 amide bonds. The van der Waals surface area contributed by atoms with Gasteiger partial charge >= 0.3 is 0 Å². The van der Waals surface area contributed by atoms with Gasteiger partial charge in [0, 0.05) is 11.5 Å². The highest BCUT2D eigenvalue weighted by molar-refractivity contribution is 5.38. The average molecular weight is 157 g/mol. The van der Waals surface area contributed by atoms with Gasteiger partial charge in [-0.1, -0.05) is 18.1 Å². The van der Waals surface area contributed by atoms with Gasteiger partial charge in [0.15, 0.2) is 6.07 Å². The lowest BCUT2D eigenvalue weighted by Crippen LogP contribution is -1.81. The van der Waals surface area contributed by atoms with Crippen LogP contribution in [0.5, 0.6) is 0 Å². The van der Waals surface area contributed by atoms with Crippen LogP contribution in [0.2, 0.25) is 0 Å². The number of hydrogen-bond acceptors (Lipinski definition) is 2. The van der Waals surface area contributed by atoms with Crippen LogP contribution < -0.4 is 0 Å². The molecular formula is C10H7NO. The van der Waals surface area contributed by atoms with Gasteiger partial charge in [-0.05, 0) is 17.7 Å². The molecule has 0 aromatic heterocycles. The summed E-state index contributed by atoms with van der Waals surface area (Å²) in [5.74, 6) is 4.95. The standard InChI is InChI=1S/C10H7NO/c11-7-1-2-9-3-5-10(8-12)6-4-9/h3-6,12H,8H2. The van der Waals surface area contributed by atoms with Crippen LogP contribution in [0.1, 0.15) is 11.1 Å². The van der Waals surface area contributed by atoms with E-state index in [1.165, 1.54) is 0 Å². The Labute approximate surface area is 71.1 Å². The zero-order valence-corrected chi connectivity index (χ0v) is 6.41. The van der Waals surface area contributed by atoms with E-state index in [4.69, 9.17) is 10.4 Å². The Balaban J connectivity index is 2.87. The minimum atomic E-state index is 0.0337. The summed E-state index contributed by atoms with van der Waals surface area (Å²) in [4.78, 5) is 0. The predicted octanol–water partition coefficient (Wildman–Crippen LogP) is 1.05. The molecule has 0 spiro atoms. The van der Waals surface area contributed by atoms with Gasteiger partial charge in [-0.2, -0.15) is 5.26 Å². The summed E-state index contributed by atoms with van der Waals surface area (Å²) >= 11 is 0. The predicted molar refractivity (Wildman–Crippen MR) is 44.9 cm³/mol. The van der Waals surface area contributed by atoms with Gasteiger partial charge in [0.05, 0.1) is 6.61 Å². The molecule has 0 saturated carbocycles. The van der Waals surface area contributed by atoms with E-state index >= 15 is 0 Å². The normalized spacial score (nSPS) is 8.00. The van der Waals surface area contributed by atoms with Gasteiger partial charge in [-0.3, -0.25) is 0 Å². The molecule has 0 fully saturated rings. The fourth-order valence-electron chi connectivity index (χ4n) is 0.794. The summed E-state index contributed by atoms with van der Waals surface area (Å²) in [6.07, 6.45) is 0. The molecule has 58 valence electrons. The van der Waals surface area contributed by atoms with Crippen molar-refractivity contribution >= 4 is 0 Å². The first kappa shape index (κ1) is 8.33. The smallest absolute Gasteiger partial charge is 0.152 e. The van der Waals surface area contributed by atoms with E-state index in [-0.39, 0.29) is 6.61 Å². The van der Waals surface area contributed by atoms with Crippen LogP contribution in [-0.4, -0.2) is 5.11 Å². The van der Waals surface area contributed by atoms with Gasteiger partial charge in [0.1, 0.15) is 0 Å². The van der Waals surface area contributed by atoms with Crippen molar-refractivity contribution in [3.05, 3.63) is 35.4 Å². The number of nitrogens with zero attached hydrogens (tertiary/aromatic N) is 1. The van der Waals surface area contributed by atoms with Crippen LogP contribution in [0.3, 0.4) is 0 Å². The van der Waals surface area contributed by atoms with Crippen LogP contribution in [-0.2, 0) is 6.61 Å². The summed E-state index contributed by atoms with van der Waals surface area (Å²) in [6.45, 7) is 0.0337. The summed E-state index contributed by atoms with van der Waals surface area (Å²) in [6, 6.07) is 8.84. The van der Waals surface area contributed by atoms with Crippen molar-refractivity contribution in [3.8, 4) is 17.9 Å². The zero-order chi connectivity index (χ0) is 8.81. The first-order chi connectivity index (χ1) is 5.86. The van der Waals surface area contributed by atoms with Gasteiger partial charge in [-0.15, -0.1) is 0 Å². The molecule has 1 N–H and O–H groups in total. The summed E-state index contributed by atoms with van der Waals surface area (Å²) < 4.78 is 0. The van der Waals surface area contributed by atoms with Crippen molar-refractivity contribution in [2.45, 2.75) is 6.61 Å². The second-order valence-corrected chi connectivity index (χ2v) is 2.22. The maximum absolute atomic E-state index is 8.72. The van der Waals surface area contributed by atoms with Crippen molar-refractivity contribution in [2.75, 3.05) is 0 Å². The zero-order valence-electron chi connectivity index (χ0n) is 6.41. The fourth-order valence-corrected chi connectivity index (χ4v) is 0.794. The molecule has 0 heterocycles. The van der Waals surface area contributed by atoms with Crippen LogP contribution in [0.4, 0.5) is 0 Å². The number of aliphatic hydroxyl groups excluding tert-OH is 1. The fraction of sp³-hybridized carbons (Fsp3) is 0.100. The molecule has 0 bridgehead atoms. The highest BCUT2D eigenvalue weighted by Crippen LogP contribution is 2.02. The third-order valence-electron chi connectivity index (χ3n) is 1.40. The van der Waals surface area contributed by atoms with E-state index < -0.39 is 0 Å². The number of nitriles is 1. The maximum Gasteiger partial charge on any atom is 0.152 e. The Morgan fingerprint density at radius 1 is 1.25 bits per heavy atom. The molecule has 0 aliphatic carbocycles. The largest absolute Gasteiger partial charge is 0.392 e. The third kappa shape index (κ3) is 2.12. The number of rotatable bonds is 1. The van der Waals surface area contributed by atoms with Crippen molar-refractivity contribution in [3.63, 3.8) is 0 Å². The summed E-state index contributed by atoms with van der Waals surface area (Å²) in [5, 5.41) is 16.9. The second-order valence-electron chi connectivity index (χ2n) is 2.22. The van der Waals surface area contributed by atoms with Crippen LogP contribution in [0.25, 0.3) is 0 Å². The summed E-state index contributed by atoms with van der Waals surface area (Å²) in [7, 11) is 0. The molecule has 0 radical (unpaired) electrons. The molecule has 1 aromatic carbocycles. The number of aliphatic hydroxyl groups is 1. The van der Waals surface area contributed by atoms with Gasteiger partial charge in [0.25, 0.3) is 0 Å². The van der Waals surface area contributed by atoms with Gasteiger partial charge in [-0.25, -0.2) is 0 Å². The molecule has 0 unspecified atom stereocenters. The lowest BCUT2D eigenvalue weighted by Gasteiger charge is -1.93. The van der Waals surface area contributed by atoms with E-state index in [1.807, 2.05) is 0 Å². The Hall–Kier alpha value is -1.77. The Bertz CT molecular complexity index is 348. The SMILES string of the molecule is N#CC#Cc1ccc(CO)cc1. The molecule has 2 heteroatoms. The van der Waals surface area contributed by atoms with Crippen molar-refractivity contribution in [2.24, 2.45) is 0 Å². The molecule has 2 nitrogen and oxygen atoms in total. The van der Waals surface area contributed by atoms with Crippen LogP contribution >= 0.6 is 0 Å². The van der Waals surface area contributed by atoms with E-state index in [0.717, 1.165) is 11.1 Å². The number of hydrogen-bond donors (Lipinski definition) is 1. The van der Waals surface area contributed by atoms with E-state index in [1.54, 1.807) is 30.3 Å². The highest BCUT2D eigenvalue weighted by Gasteiger charge is 1.88. The Kier molecular flexibility index (Phi) is 2.90. The Morgan fingerprint density at radius 3 is 2.42 bits per heavy atom. The van der Waals surface area contributed by atoms with Crippen molar-refractivity contribution in [1.82, 2.24) is 0 Å². The molecule has 0 aliphatic heterocycles. The van der Waals surface area contributed by atoms with E-state index in [0.29, 0.717) is 0 Å². The Morgan fingerprint density at radius 2 is 1.92 bits per heavy atom. The molecular weight excluding hydrogens is 150 g/mol. The molecule has 0 saturated heterocycles. The monoisotopic (exact) mass is 157 g/mol. The molecule has 0 atom stereocenters.